The van der Waals surface area contributed by atoms with Crippen molar-refractivity contribution in [2.75, 3.05) is 7.11 Å². The fourth-order valence-corrected chi connectivity index (χ4v) is 14.4. The summed E-state index contributed by atoms with van der Waals surface area (Å²) in [4.78, 5) is 12.4. The largest absolute Gasteiger partial charge is 0.497 e. The van der Waals surface area contributed by atoms with Gasteiger partial charge in [-0.1, -0.05) is 56.0 Å². The van der Waals surface area contributed by atoms with Crippen LogP contribution in [0, 0.1) is 0 Å². The van der Waals surface area contributed by atoms with Gasteiger partial charge in [0, 0.05) is 5.56 Å². The average Bonchev–Trinajstić information content (AvgIpc) is 3.02. The van der Waals surface area contributed by atoms with Crippen molar-refractivity contribution in [1.82, 2.24) is 5.73 Å². The zero-order valence-electron chi connectivity index (χ0n) is 16.9. The van der Waals surface area contributed by atoms with E-state index in [1.54, 1.807) is 7.11 Å². The van der Waals surface area contributed by atoms with Crippen LogP contribution in [0.2, 0.25) is 26.2 Å². The number of carbonyl (C=O) groups is 1. The van der Waals surface area contributed by atoms with Crippen molar-refractivity contribution in [3.63, 3.8) is 0 Å². The molecule has 2 aliphatic rings. The normalized spacial score (nSPS) is 18.2. The molecule has 1 amide bonds. The first-order chi connectivity index (χ1) is 12.6. The number of methoxy groups -OCH3 is 1. The van der Waals surface area contributed by atoms with E-state index in [9.17, 15) is 4.79 Å². The fourth-order valence-electron chi connectivity index (χ4n) is 4.80. The van der Waals surface area contributed by atoms with Gasteiger partial charge >= 0.3 is 0 Å². The number of rotatable bonds is 3. The second-order valence-corrected chi connectivity index (χ2v) is 23.9. The molecule has 0 unspecified atom stereocenters. The molecule has 2 bridgehead atoms. The standard InChI is InChI=1S/C22H26NO2Si2/c1-13-10-14-8-7-9-15(16(14)11-13)19-17(22(23)24)12-18-20(25-2)21(19)27(5,6)26(18,3)4/h7-9,11-12,23H,10H2,1-6H3. The molecular formula is C22H26NO2Si2. The summed E-state index contributed by atoms with van der Waals surface area (Å²) in [6.45, 7) is 11.8. The van der Waals surface area contributed by atoms with Gasteiger partial charge in [0.05, 0.1) is 22.3 Å². The minimum Gasteiger partial charge on any atom is -0.497 e. The van der Waals surface area contributed by atoms with Crippen molar-refractivity contribution in [3.05, 3.63) is 46.5 Å². The Morgan fingerprint density at radius 2 is 1.85 bits per heavy atom. The number of fused-ring (bicyclic) bond motifs is 3. The number of allylic oxidation sites excluding steroid dienone is 1. The van der Waals surface area contributed by atoms with Crippen molar-refractivity contribution in [2.45, 2.75) is 39.5 Å². The zero-order valence-corrected chi connectivity index (χ0v) is 18.9. The Bertz CT molecular complexity index is 1040. The van der Waals surface area contributed by atoms with Crippen LogP contribution >= 0.6 is 0 Å². The van der Waals surface area contributed by atoms with Gasteiger partial charge in [0.2, 0.25) is 0 Å². The Morgan fingerprint density at radius 1 is 1.15 bits per heavy atom. The molecule has 0 spiro atoms. The predicted octanol–water partition coefficient (Wildman–Crippen LogP) is 3.67. The van der Waals surface area contributed by atoms with Gasteiger partial charge in [-0.15, -0.1) is 0 Å². The smallest absolute Gasteiger partial charge is 0.270 e. The minimum atomic E-state index is -1.85. The summed E-state index contributed by atoms with van der Waals surface area (Å²) in [6.07, 6.45) is 3.20. The lowest BCUT2D eigenvalue weighted by molar-refractivity contribution is 0.0993. The fraction of sp³-hybridized carbons (Fsp3) is 0.318. The first kappa shape index (κ1) is 18.3. The minimum absolute atomic E-state index is 0.547. The van der Waals surface area contributed by atoms with Gasteiger partial charge in [0.1, 0.15) is 5.75 Å². The van der Waals surface area contributed by atoms with Crippen molar-refractivity contribution in [1.29, 1.82) is 0 Å². The highest BCUT2D eigenvalue weighted by Crippen LogP contribution is 2.41. The van der Waals surface area contributed by atoms with E-state index in [1.165, 1.54) is 27.1 Å². The molecule has 0 saturated carbocycles. The number of benzene rings is 2. The van der Waals surface area contributed by atoms with E-state index in [0.29, 0.717) is 5.56 Å². The van der Waals surface area contributed by atoms with Gasteiger partial charge in [-0.25, -0.2) is 0 Å². The summed E-state index contributed by atoms with van der Waals surface area (Å²) in [5.74, 6) is 0.391. The number of nitrogens with one attached hydrogen (secondary N) is 1. The van der Waals surface area contributed by atoms with Crippen LogP contribution in [0.4, 0.5) is 0 Å². The molecule has 27 heavy (non-hydrogen) atoms. The van der Waals surface area contributed by atoms with E-state index in [-0.39, 0.29) is 0 Å². The SMILES string of the molecule is COc1c2cc(C([NH])=O)c(-c3cccc4c3C=C(C)C4)c1[Si](C)(C)[Si]2(C)C. The topological polar surface area (TPSA) is 50.1 Å². The van der Waals surface area contributed by atoms with E-state index < -0.39 is 21.1 Å². The number of amides is 1. The molecule has 1 aliphatic heterocycles. The molecule has 1 N–H and O–H groups in total. The molecule has 2 aromatic carbocycles. The summed E-state index contributed by atoms with van der Waals surface area (Å²) in [7, 11) is -1.88. The molecule has 139 valence electrons. The quantitative estimate of drug-likeness (QED) is 0.748. The molecule has 5 heteroatoms. The lowest BCUT2D eigenvalue weighted by atomic mass is 9.93. The Kier molecular flexibility index (Phi) is 3.85. The summed E-state index contributed by atoms with van der Waals surface area (Å²) < 4.78 is 5.93. The van der Waals surface area contributed by atoms with Gasteiger partial charge in [-0.3, -0.25) is 10.5 Å². The predicted molar refractivity (Wildman–Crippen MR) is 117 cm³/mol. The molecule has 0 saturated heterocycles. The van der Waals surface area contributed by atoms with Crippen LogP contribution < -0.4 is 20.8 Å². The van der Waals surface area contributed by atoms with Gasteiger partial charge in [0.15, 0.2) is 0 Å². The van der Waals surface area contributed by atoms with Crippen LogP contribution in [0.15, 0.2) is 29.8 Å². The van der Waals surface area contributed by atoms with E-state index in [4.69, 9.17) is 10.5 Å². The number of ether oxygens (including phenoxy) is 1. The molecule has 4 rings (SSSR count). The molecule has 2 aromatic rings. The Balaban J connectivity index is 2.16. The van der Waals surface area contributed by atoms with Crippen LogP contribution in [0.1, 0.15) is 28.4 Å². The second kappa shape index (κ2) is 5.69. The van der Waals surface area contributed by atoms with Gasteiger partial charge < -0.3 is 4.74 Å². The van der Waals surface area contributed by atoms with E-state index in [2.05, 4.69) is 57.4 Å². The molecule has 1 heterocycles. The third-order valence-electron chi connectivity index (χ3n) is 6.92. The Labute approximate surface area is 163 Å². The highest BCUT2D eigenvalue weighted by molar-refractivity contribution is 7.52. The second-order valence-electron chi connectivity index (χ2n) is 8.88. The highest BCUT2D eigenvalue weighted by atomic mass is 29.3. The first-order valence-electron chi connectivity index (χ1n) is 9.42. The maximum atomic E-state index is 12.4. The maximum absolute atomic E-state index is 12.4. The van der Waals surface area contributed by atoms with Gasteiger partial charge in [-0.2, -0.15) is 0 Å². The van der Waals surface area contributed by atoms with Crippen LogP contribution in [-0.2, 0) is 6.42 Å². The molecule has 0 fully saturated rings. The third-order valence-corrected chi connectivity index (χ3v) is 24.4. The van der Waals surface area contributed by atoms with E-state index in [1.807, 2.05) is 6.07 Å². The molecule has 3 nitrogen and oxygen atoms in total. The van der Waals surface area contributed by atoms with E-state index in [0.717, 1.165) is 23.3 Å². The lowest BCUT2D eigenvalue weighted by Crippen LogP contribution is -2.63. The first-order valence-corrected chi connectivity index (χ1v) is 16.4. The number of hydrogen-bond acceptors (Lipinski definition) is 2. The molecule has 1 radical (unpaired) electrons. The van der Waals surface area contributed by atoms with Crippen LogP contribution in [0.5, 0.6) is 5.75 Å². The number of carbonyl (C=O) groups excluding carboxylic acids is 1. The van der Waals surface area contributed by atoms with Crippen LogP contribution in [0.25, 0.3) is 17.2 Å². The van der Waals surface area contributed by atoms with Gasteiger partial charge in [0.25, 0.3) is 5.91 Å². The zero-order chi connectivity index (χ0) is 19.7. The van der Waals surface area contributed by atoms with Crippen LogP contribution in [-0.4, -0.2) is 28.2 Å². The lowest BCUT2D eigenvalue weighted by Gasteiger charge is -2.32. The molecule has 1 aliphatic carbocycles. The average molecular weight is 393 g/mol. The van der Waals surface area contributed by atoms with Gasteiger partial charge in [-0.05, 0) is 52.0 Å². The highest BCUT2D eigenvalue weighted by Gasteiger charge is 2.55. The Morgan fingerprint density at radius 3 is 2.48 bits per heavy atom. The molecule has 0 atom stereocenters. The summed E-state index contributed by atoms with van der Waals surface area (Å²) in [5.41, 5.74) is 14.4. The van der Waals surface area contributed by atoms with E-state index >= 15 is 0 Å². The third kappa shape index (κ3) is 2.28. The monoisotopic (exact) mass is 392 g/mol. The summed E-state index contributed by atoms with van der Waals surface area (Å²) in [6, 6.07) is 8.35. The van der Waals surface area contributed by atoms with Crippen molar-refractivity contribution >= 4 is 37.5 Å². The molecular weight excluding hydrogens is 366 g/mol. The maximum Gasteiger partial charge on any atom is 0.270 e. The molecule has 0 aromatic heterocycles. The van der Waals surface area contributed by atoms with Crippen molar-refractivity contribution < 1.29 is 9.53 Å². The van der Waals surface area contributed by atoms with Crippen molar-refractivity contribution in [3.8, 4) is 16.9 Å². The summed E-state index contributed by atoms with van der Waals surface area (Å²) >= 11 is 0. The number of hydrogen-bond donors (Lipinski definition) is 0. The Hall–Kier alpha value is -2.12. The summed E-state index contributed by atoms with van der Waals surface area (Å²) in [5, 5.41) is 2.47. The van der Waals surface area contributed by atoms with Crippen molar-refractivity contribution in [2.24, 2.45) is 0 Å². The van der Waals surface area contributed by atoms with Crippen LogP contribution in [0.3, 0.4) is 0 Å².